The SMILES string of the molecule is COC1=Cc2c(-c3cc4cccnc4[nH]3)cn(CC(=O)NC3CCN(Cc4ccccc4)CC3)c2CC1. The maximum absolute atomic E-state index is 13.1. The molecular weight excluding hydrogens is 462 g/mol. The van der Waals surface area contributed by atoms with Gasteiger partial charge in [-0.1, -0.05) is 30.3 Å². The van der Waals surface area contributed by atoms with E-state index in [4.69, 9.17) is 4.74 Å². The van der Waals surface area contributed by atoms with Crippen LogP contribution in [-0.2, 0) is 29.0 Å². The fourth-order valence-corrected chi connectivity index (χ4v) is 5.65. The molecule has 0 atom stereocenters. The van der Waals surface area contributed by atoms with Crippen molar-refractivity contribution < 1.29 is 9.53 Å². The highest BCUT2D eigenvalue weighted by Gasteiger charge is 2.25. The summed E-state index contributed by atoms with van der Waals surface area (Å²) in [6.07, 6.45) is 9.66. The van der Waals surface area contributed by atoms with Crippen LogP contribution in [0.5, 0.6) is 0 Å². The third-order valence-corrected chi connectivity index (χ3v) is 7.61. The molecule has 7 nitrogen and oxygen atoms in total. The highest BCUT2D eigenvalue weighted by atomic mass is 16.5. The number of piperidine rings is 1. The van der Waals surface area contributed by atoms with Crippen molar-refractivity contribution in [3.63, 3.8) is 0 Å². The number of amides is 1. The largest absolute Gasteiger partial charge is 0.501 e. The lowest BCUT2D eigenvalue weighted by molar-refractivity contribution is -0.122. The number of nitrogens with one attached hydrogen (secondary N) is 2. The lowest BCUT2D eigenvalue weighted by Gasteiger charge is -2.32. The maximum atomic E-state index is 13.1. The standard InChI is InChI=1S/C30H33N5O2/c1-37-24-9-10-28-25(17-24)26(27-16-22-8-5-13-31-30(22)33-27)19-35(28)20-29(36)32-23-11-14-34(15-12-23)18-21-6-3-2-4-7-21/h2-8,13,16-17,19,23H,9-12,14-15,18,20H2,1H3,(H,31,33)(H,32,36). The number of methoxy groups -OCH3 is 1. The zero-order valence-electron chi connectivity index (χ0n) is 21.2. The molecule has 4 heterocycles. The number of benzene rings is 1. The average Bonchev–Trinajstić information content (AvgIpc) is 3.51. The van der Waals surface area contributed by atoms with Crippen molar-refractivity contribution in [2.24, 2.45) is 0 Å². The summed E-state index contributed by atoms with van der Waals surface area (Å²) in [6.45, 7) is 3.30. The molecule has 1 fully saturated rings. The number of aromatic nitrogens is 3. The predicted octanol–water partition coefficient (Wildman–Crippen LogP) is 4.75. The van der Waals surface area contributed by atoms with Gasteiger partial charge in [0.15, 0.2) is 0 Å². The fraction of sp³-hybridized carbons (Fsp3) is 0.333. The van der Waals surface area contributed by atoms with E-state index in [1.54, 1.807) is 13.3 Å². The Balaban J connectivity index is 1.15. The topological polar surface area (TPSA) is 75.2 Å². The van der Waals surface area contributed by atoms with E-state index in [0.717, 1.165) is 78.9 Å². The van der Waals surface area contributed by atoms with Crippen molar-refractivity contribution in [1.82, 2.24) is 24.8 Å². The Morgan fingerprint density at radius 3 is 2.76 bits per heavy atom. The molecule has 0 unspecified atom stereocenters. The van der Waals surface area contributed by atoms with Crippen LogP contribution < -0.4 is 5.32 Å². The van der Waals surface area contributed by atoms with Gasteiger partial charge in [-0.25, -0.2) is 4.98 Å². The lowest BCUT2D eigenvalue weighted by atomic mass is 9.99. The van der Waals surface area contributed by atoms with Crippen molar-refractivity contribution in [3.8, 4) is 11.3 Å². The van der Waals surface area contributed by atoms with Gasteiger partial charge >= 0.3 is 0 Å². The van der Waals surface area contributed by atoms with E-state index in [1.807, 2.05) is 6.07 Å². The van der Waals surface area contributed by atoms with Crippen LogP contribution in [0.15, 0.2) is 66.7 Å². The number of H-pyrrole nitrogens is 1. The summed E-state index contributed by atoms with van der Waals surface area (Å²) in [5, 5.41) is 4.38. The van der Waals surface area contributed by atoms with Crippen LogP contribution in [0.4, 0.5) is 0 Å². The number of hydrogen-bond acceptors (Lipinski definition) is 4. The van der Waals surface area contributed by atoms with Gasteiger partial charge in [-0.3, -0.25) is 9.69 Å². The first-order chi connectivity index (χ1) is 18.2. The summed E-state index contributed by atoms with van der Waals surface area (Å²) in [7, 11) is 1.72. The zero-order valence-corrected chi connectivity index (χ0v) is 21.2. The molecule has 2 aliphatic rings. The smallest absolute Gasteiger partial charge is 0.240 e. The summed E-state index contributed by atoms with van der Waals surface area (Å²) < 4.78 is 7.70. The molecule has 6 rings (SSSR count). The molecule has 37 heavy (non-hydrogen) atoms. The number of ether oxygens (including phenoxy) is 1. The van der Waals surface area contributed by atoms with Crippen molar-refractivity contribution in [3.05, 3.63) is 83.5 Å². The van der Waals surface area contributed by atoms with E-state index in [1.165, 1.54) is 11.3 Å². The number of carbonyl (C=O) groups excluding carboxylic acids is 1. The number of allylic oxidation sites excluding steroid dienone is 1. The number of nitrogens with zero attached hydrogens (tertiary/aromatic N) is 3. The van der Waals surface area contributed by atoms with Crippen LogP contribution in [0.3, 0.4) is 0 Å². The molecule has 1 aliphatic carbocycles. The number of aromatic amines is 1. The van der Waals surface area contributed by atoms with Gasteiger partial charge in [0.25, 0.3) is 0 Å². The molecule has 4 aromatic rings. The minimum atomic E-state index is 0.0747. The van der Waals surface area contributed by atoms with Gasteiger partial charge in [0, 0.05) is 72.4 Å². The summed E-state index contributed by atoms with van der Waals surface area (Å²) >= 11 is 0. The molecule has 0 saturated carbocycles. The molecule has 0 bridgehead atoms. The second-order valence-corrected chi connectivity index (χ2v) is 10.1. The molecule has 1 amide bonds. The van der Waals surface area contributed by atoms with Gasteiger partial charge in [-0.05, 0) is 49.1 Å². The highest BCUT2D eigenvalue weighted by Crippen LogP contribution is 2.35. The minimum Gasteiger partial charge on any atom is -0.501 e. The van der Waals surface area contributed by atoms with Gasteiger partial charge in [0.2, 0.25) is 5.91 Å². The Bertz CT molecular complexity index is 1390. The molecule has 1 aliphatic heterocycles. The van der Waals surface area contributed by atoms with Crippen molar-refractivity contribution >= 4 is 23.0 Å². The normalized spacial score (nSPS) is 16.4. The van der Waals surface area contributed by atoms with Gasteiger partial charge in [-0.2, -0.15) is 0 Å². The van der Waals surface area contributed by atoms with E-state index < -0.39 is 0 Å². The molecule has 0 radical (unpaired) electrons. The predicted molar refractivity (Wildman–Crippen MR) is 146 cm³/mol. The van der Waals surface area contributed by atoms with Crippen LogP contribution in [0.2, 0.25) is 0 Å². The van der Waals surface area contributed by atoms with E-state index in [9.17, 15) is 4.79 Å². The van der Waals surface area contributed by atoms with Crippen LogP contribution in [-0.4, -0.2) is 51.6 Å². The van der Waals surface area contributed by atoms with Gasteiger partial charge < -0.3 is 19.6 Å². The van der Waals surface area contributed by atoms with Gasteiger partial charge in [-0.15, -0.1) is 0 Å². The van der Waals surface area contributed by atoms with Gasteiger partial charge in [0.1, 0.15) is 12.2 Å². The van der Waals surface area contributed by atoms with E-state index in [2.05, 4.69) is 79.5 Å². The monoisotopic (exact) mass is 495 g/mol. The second kappa shape index (κ2) is 10.3. The molecular formula is C30H33N5O2. The quantitative estimate of drug-likeness (QED) is 0.388. The second-order valence-electron chi connectivity index (χ2n) is 10.1. The lowest BCUT2D eigenvalue weighted by Crippen LogP contribution is -2.45. The Labute approximate surface area is 217 Å². The number of fused-ring (bicyclic) bond motifs is 2. The summed E-state index contributed by atoms with van der Waals surface area (Å²) in [5.74, 6) is 1.04. The van der Waals surface area contributed by atoms with Crippen LogP contribution >= 0.6 is 0 Å². The number of likely N-dealkylation sites (tertiary alicyclic amines) is 1. The highest BCUT2D eigenvalue weighted by molar-refractivity contribution is 5.87. The van der Waals surface area contributed by atoms with Gasteiger partial charge in [0.05, 0.1) is 12.9 Å². The third kappa shape index (κ3) is 5.04. The first-order valence-corrected chi connectivity index (χ1v) is 13.1. The average molecular weight is 496 g/mol. The molecule has 3 aromatic heterocycles. The Morgan fingerprint density at radius 1 is 1.14 bits per heavy atom. The Morgan fingerprint density at radius 2 is 1.97 bits per heavy atom. The Kier molecular flexibility index (Phi) is 6.53. The van der Waals surface area contributed by atoms with Crippen molar-refractivity contribution in [1.29, 1.82) is 0 Å². The molecule has 1 aromatic carbocycles. The number of hydrogen-bond donors (Lipinski definition) is 2. The molecule has 7 heteroatoms. The summed E-state index contributed by atoms with van der Waals surface area (Å²) in [5.41, 5.74) is 6.58. The Hall–Kier alpha value is -3.84. The minimum absolute atomic E-state index is 0.0747. The van der Waals surface area contributed by atoms with E-state index >= 15 is 0 Å². The van der Waals surface area contributed by atoms with Crippen molar-refractivity contribution in [2.75, 3.05) is 20.2 Å². The summed E-state index contributed by atoms with van der Waals surface area (Å²) in [4.78, 5) is 23.5. The number of carbonyl (C=O) groups is 1. The molecule has 190 valence electrons. The van der Waals surface area contributed by atoms with Crippen LogP contribution in [0.1, 0.15) is 36.1 Å². The third-order valence-electron chi connectivity index (χ3n) is 7.61. The van der Waals surface area contributed by atoms with E-state index in [-0.39, 0.29) is 11.9 Å². The first-order valence-electron chi connectivity index (χ1n) is 13.1. The van der Waals surface area contributed by atoms with Crippen LogP contribution in [0.25, 0.3) is 28.4 Å². The fourth-order valence-electron chi connectivity index (χ4n) is 5.65. The first kappa shape index (κ1) is 23.6. The molecule has 2 N–H and O–H groups in total. The zero-order chi connectivity index (χ0) is 25.2. The van der Waals surface area contributed by atoms with E-state index in [0.29, 0.717) is 6.54 Å². The number of pyridine rings is 1. The van der Waals surface area contributed by atoms with Crippen LogP contribution in [0, 0.1) is 0 Å². The number of rotatable bonds is 7. The molecule has 1 saturated heterocycles. The molecule has 0 spiro atoms. The van der Waals surface area contributed by atoms with Crippen molar-refractivity contribution in [2.45, 2.75) is 44.8 Å². The summed E-state index contributed by atoms with van der Waals surface area (Å²) in [6, 6.07) is 16.9. The maximum Gasteiger partial charge on any atom is 0.240 e.